The number of rotatable bonds is 4. The smallest absolute Gasteiger partial charge is 0.322 e. The van der Waals surface area contributed by atoms with Crippen LogP contribution in [-0.2, 0) is 18.4 Å². The molecular weight excluding hydrogens is 183 g/mol. The molecule has 0 aliphatic rings. The Morgan fingerprint density at radius 1 is 1.42 bits per heavy atom. The number of carbonyl (C=O) groups is 1. The van der Waals surface area contributed by atoms with E-state index in [9.17, 15) is 9.36 Å². The predicted molar refractivity (Wildman–Crippen MR) is 43.9 cm³/mol. The topological polar surface area (TPSA) is 91.0 Å². The summed E-state index contributed by atoms with van der Waals surface area (Å²) >= 11 is 0. The Hall–Kier alpha value is -0.710. The molecule has 0 unspecified atom stereocenters. The molecule has 0 spiro atoms. The molecule has 7 heteroatoms. The van der Waals surface area contributed by atoms with Gasteiger partial charge in [-0.2, -0.15) is 5.10 Å². The van der Waals surface area contributed by atoms with Gasteiger partial charge >= 0.3 is 7.60 Å². The van der Waals surface area contributed by atoms with Crippen molar-refractivity contribution >= 4 is 18.8 Å². The van der Waals surface area contributed by atoms with Crippen LogP contribution in [0.4, 0.5) is 0 Å². The standard InChI is InChI=1S/C5H11N2O4P/c1-4(8)5(7-6)12(9,10-2)11-3/h6H2,1-3H3. The zero-order chi connectivity index (χ0) is 9.78. The first-order valence-electron chi connectivity index (χ1n) is 3.02. The summed E-state index contributed by atoms with van der Waals surface area (Å²) in [4.78, 5) is 10.8. The maximum atomic E-state index is 11.4. The molecule has 0 amide bonds. The van der Waals surface area contributed by atoms with Crippen molar-refractivity contribution in [1.82, 2.24) is 0 Å². The van der Waals surface area contributed by atoms with Crippen LogP contribution in [0.1, 0.15) is 6.92 Å². The van der Waals surface area contributed by atoms with E-state index in [4.69, 9.17) is 5.84 Å². The van der Waals surface area contributed by atoms with E-state index in [0.29, 0.717) is 0 Å². The monoisotopic (exact) mass is 194 g/mol. The highest BCUT2D eigenvalue weighted by Crippen LogP contribution is 2.47. The lowest BCUT2D eigenvalue weighted by Crippen LogP contribution is -2.15. The van der Waals surface area contributed by atoms with Gasteiger partial charge in [0.15, 0.2) is 5.78 Å². The molecule has 12 heavy (non-hydrogen) atoms. The summed E-state index contributed by atoms with van der Waals surface area (Å²) in [6.45, 7) is 1.18. The third-order valence-corrected chi connectivity index (χ3v) is 3.09. The van der Waals surface area contributed by atoms with Gasteiger partial charge in [-0.25, -0.2) is 0 Å². The molecule has 0 aromatic rings. The summed E-state index contributed by atoms with van der Waals surface area (Å²) in [5.41, 5.74) is -0.382. The van der Waals surface area contributed by atoms with E-state index in [0.717, 1.165) is 14.2 Å². The Balaban J connectivity index is 4.97. The van der Waals surface area contributed by atoms with Crippen LogP contribution in [0.25, 0.3) is 0 Å². The average Bonchev–Trinajstić information content (AvgIpc) is 2.04. The van der Waals surface area contributed by atoms with Gasteiger partial charge in [-0.3, -0.25) is 9.36 Å². The van der Waals surface area contributed by atoms with Crippen molar-refractivity contribution in [2.45, 2.75) is 6.92 Å². The van der Waals surface area contributed by atoms with Crippen molar-refractivity contribution in [1.29, 1.82) is 0 Å². The average molecular weight is 194 g/mol. The molecule has 0 bridgehead atoms. The van der Waals surface area contributed by atoms with Crippen LogP contribution in [0.5, 0.6) is 0 Å². The lowest BCUT2D eigenvalue weighted by molar-refractivity contribution is -0.110. The van der Waals surface area contributed by atoms with Crippen LogP contribution in [-0.4, -0.2) is 25.5 Å². The van der Waals surface area contributed by atoms with Crippen LogP contribution >= 0.6 is 7.60 Å². The second-order valence-electron chi connectivity index (χ2n) is 1.87. The zero-order valence-corrected chi connectivity index (χ0v) is 8.00. The second-order valence-corrected chi connectivity index (χ2v) is 4.02. The minimum absolute atomic E-state index is 0.382. The Kier molecular flexibility index (Phi) is 4.09. The molecule has 6 nitrogen and oxygen atoms in total. The van der Waals surface area contributed by atoms with Crippen molar-refractivity contribution in [3.63, 3.8) is 0 Å². The van der Waals surface area contributed by atoms with Gasteiger partial charge in [0.2, 0.25) is 5.45 Å². The number of nitrogens with two attached hydrogens (primary N) is 1. The van der Waals surface area contributed by atoms with Crippen LogP contribution in [0.2, 0.25) is 0 Å². The SMILES string of the molecule is COP(=O)(OC)C(=NN)C(C)=O. The van der Waals surface area contributed by atoms with Crippen molar-refractivity contribution < 1.29 is 18.4 Å². The number of hydrogen-bond donors (Lipinski definition) is 1. The number of hydrazone groups is 1. The molecular formula is C5H11N2O4P. The van der Waals surface area contributed by atoms with Gasteiger partial charge in [-0.1, -0.05) is 0 Å². The highest BCUT2D eigenvalue weighted by molar-refractivity contribution is 7.75. The summed E-state index contributed by atoms with van der Waals surface area (Å²) in [7, 11) is -1.27. The third-order valence-electron chi connectivity index (χ3n) is 1.18. The zero-order valence-electron chi connectivity index (χ0n) is 7.10. The van der Waals surface area contributed by atoms with Gasteiger partial charge in [0.25, 0.3) is 0 Å². The van der Waals surface area contributed by atoms with E-state index >= 15 is 0 Å². The summed E-state index contributed by atoms with van der Waals surface area (Å²) in [6, 6.07) is 0. The highest BCUT2D eigenvalue weighted by atomic mass is 31.2. The predicted octanol–water partition coefficient (Wildman–Crippen LogP) is 0.333. The first kappa shape index (κ1) is 11.3. The molecule has 0 rings (SSSR count). The lowest BCUT2D eigenvalue weighted by Gasteiger charge is -2.12. The van der Waals surface area contributed by atoms with E-state index < -0.39 is 13.4 Å². The molecule has 0 heterocycles. The molecule has 0 saturated heterocycles. The van der Waals surface area contributed by atoms with E-state index in [1.54, 1.807) is 0 Å². The molecule has 0 aromatic carbocycles. The Labute approximate surface area is 70.3 Å². The minimum Gasteiger partial charge on any atom is -0.322 e. The van der Waals surface area contributed by atoms with Crippen molar-refractivity contribution in [2.75, 3.05) is 14.2 Å². The minimum atomic E-state index is -3.57. The van der Waals surface area contributed by atoms with Crippen molar-refractivity contribution in [3.8, 4) is 0 Å². The van der Waals surface area contributed by atoms with Gasteiger partial charge in [-0.15, -0.1) is 0 Å². The van der Waals surface area contributed by atoms with Gasteiger partial charge in [0.1, 0.15) is 0 Å². The summed E-state index contributed by atoms with van der Waals surface area (Å²) in [5, 5.41) is 3.06. The molecule has 0 atom stereocenters. The number of hydrogen-bond acceptors (Lipinski definition) is 6. The molecule has 2 N–H and O–H groups in total. The molecule has 0 aliphatic heterocycles. The van der Waals surface area contributed by atoms with Crippen LogP contribution < -0.4 is 5.84 Å². The summed E-state index contributed by atoms with van der Waals surface area (Å²) in [5.74, 6) is 4.31. The fraction of sp³-hybridized carbons (Fsp3) is 0.600. The summed E-state index contributed by atoms with van der Waals surface area (Å²) in [6.07, 6.45) is 0. The van der Waals surface area contributed by atoms with Crippen LogP contribution in [0.15, 0.2) is 5.10 Å². The third kappa shape index (κ3) is 2.14. The largest absolute Gasteiger partial charge is 0.384 e. The van der Waals surface area contributed by atoms with Crippen molar-refractivity contribution in [3.05, 3.63) is 0 Å². The van der Waals surface area contributed by atoms with Crippen LogP contribution in [0, 0.1) is 0 Å². The molecule has 0 saturated carbocycles. The van der Waals surface area contributed by atoms with Crippen LogP contribution in [0.3, 0.4) is 0 Å². The van der Waals surface area contributed by atoms with Gasteiger partial charge in [-0.05, 0) is 0 Å². The molecule has 0 fully saturated rings. The first-order chi connectivity index (χ1) is 5.51. The number of ketones is 1. The molecule has 0 aliphatic carbocycles. The second kappa shape index (κ2) is 4.35. The fourth-order valence-electron chi connectivity index (χ4n) is 0.602. The quantitative estimate of drug-likeness (QED) is 0.301. The van der Waals surface area contributed by atoms with E-state index in [2.05, 4.69) is 14.1 Å². The lowest BCUT2D eigenvalue weighted by atomic mass is 10.5. The number of Topliss-reactive ketones (excluding diaryl/α,β-unsaturated/α-hetero) is 1. The molecule has 0 radical (unpaired) electrons. The van der Waals surface area contributed by atoms with E-state index in [-0.39, 0.29) is 5.45 Å². The van der Waals surface area contributed by atoms with Gasteiger partial charge in [0, 0.05) is 21.1 Å². The van der Waals surface area contributed by atoms with E-state index in [1.807, 2.05) is 0 Å². The number of carbonyl (C=O) groups excluding carboxylic acids is 1. The molecule has 70 valence electrons. The summed E-state index contributed by atoms with van der Waals surface area (Å²) < 4.78 is 20.5. The van der Waals surface area contributed by atoms with Gasteiger partial charge < -0.3 is 14.9 Å². The normalized spacial score (nSPS) is 13.1. The maximum Gasteiger partial charge on any atom is 0.384 e. The highest BCUT2D eigenvalue weighted by Gasteiger charge is 2.33. The van der Waals surface area contributed by atoms with E-state index in [1.165, 1.54) is 6.92 Å². The Morgan fingerprint density at radius 3 is 1.92 bits per heavy atom. The maximum absolute atomic E-state index is 11.4. The fourth-order valence-corrected chi connectivity index (χ4v) is 1.62. The number of nitrogens with zero attached hydrogens (tertiary/aromatic N) is 1. The van der Waals surface area contributed by atoms with Crippen molar-refractivity contribution in [2.24, 2.45) is 10.9 Å². The Morgan fingerprint density at radius 2 is 1.83 bits per heavy atom. The Bertz CT molecular complexity index is 242. The van der Waals surface area contributed by atoms with Gasteiger partial charge in [0.05, 0.1) is 0 Å². The molecule has 0 aromatic heterocycles. The first-order valence-corrected chi connectivity index (χ1v) is 4.57.